The molecular formula is C16H27NO3. The van der Waals surface area contributed by atoms with Crippen molar-refractivity contribution in [3.05, 3.63) is 0 Å². The van der Waals surface area contributed by atoms with Gasteiger partial charge < -0.3 is 14.7 Å². The number of rotatable bonds is 1. The first kappa shape index (κ1) is 14.2. The molecule has 0 bridgehead atoms. The Bertz CT molecular complexity index is 389. The number of aliphatic hydroxyl groups is 1. The third-order valence-corrected chi connectivity index (χ3v) is 5.39. The fourth-order valence-corrected chi connectivity index (χ4v) is 4.19. The van der Waals surface area contributed by atoms with Crippen LogP contribution in [0.15, 0.2) is 0 Å². The summed E-state index contributed by atoms with van der Waals surface area (Å²) in [5.41, 5.74) is 0.163. The molecule has 2 saturated carbocycles. The molecule has 0 aromatic rings. The van der Waals surface area contributed by atoms with E-state index in [4.69, 9.17) is 4.74 Å². The quantitative estimate of drug-likeness (QED) is 0.804. The maximum absolute atomic E-state index is 12.1. The van der Waals surface area contributed by atoms with E-state index in [0.717, 1.165) is 0 Å². The lowest BCUT2D eigenvalue weighted by molar-refractivity contribution is -0.0660. The van der Waals surface area contributed by atoms with Crippen molar-refractivity contribution in [1.82, 2.24) is 4.90 Å². The molecule has 1 heterocycles. The van der Waals surface area contributed by atoms with E-state index in [1.54, 1.807) is 4.90 Å². The van der Waals surface area contributed by atoms with E-state index >= 15 is 0 Å². The molecule has 114 valence electrons. The number of carbonyl (C=O) groups excluding carboxylic acids is 1. The number of β-amino-alcohol motifs (C(OH)–C–C–N with tert-alkyl or cyclic N) is 1. The summed E-state index contributed by atoms with van der Waals surface area (Å²) < 4.78 is 5.40. The van der Waals surface area contributed by atoms with Gasteiger partial charge in [-0.3, -0.25) is 0 Å². The van der Waals surface area contributed by atoms with Crippen LogP contribution in [-0.2, 0) is 4.74 Å². The van der Waals surface area contributed by atoms with Crippen molar-refractivity contribution in [2.75, 3.05) is 13.1 Å². The van der Waals surface area contributed by atoms with Gasteiger partial charge in [0, 0.05) is 12.5 Å². The number of hydrogen-bond acceptors (Lipinski definition) is 3. The van der Waals surface area contributed by atoms with E-state index < -0.39 is 5.60 Å². The van der Waals surface area contributed by atoms with Crippen LogP contribution in [0, 0.1) is 17.3 Å². The van der Waals surface area contributed by atoms with Gasteiger partial charge in [0.2, 0.25) is 0 Å². The Kier molecular flexibility index (Phi) is 3.27. The average Bonchev–Trinajstić information content (AvgIpc) is 2.54. The summed E-state index contributed by atoms with van der Waals surface area (Å²) in [7, 11) is 0. The fourth-order valence-electron chi connectivity index (χ4n) is 4.19. The highest BCUT2D eigenvalue weighted by Crippen LogP contribution is 2.61. The molecule has 0 aromatic carbocycles. The normalized spacial score (nSPS) is 32.9. The molecule has 1 amide bonds. The van der Waals surface area contributed by atoms with Crippen LogP contribution in [0.2, 0.25) is 0 Å². The molecule has 3 rings (SSSR count). The Hall–Kier alpha value is -0.770. The van der Waals surface area contributed by atoms with E-state index in [9.17, 15) is 9.90 Å². The van der Waals surface area contributed by atoms with Crippen LogP contribution in [0.3, 0.4) is 0 Å². The lowest BCUT2D eigenvalue weighted by Gasteiger charge is -2.56. The van der Waals surface area contributed by atoms with E-state index in [0.29, 0.717) is 24.4 Å². The maximum Gasteiger partial charge on any atom is 0.410 e. The number of likely N-dealkylation sites (tertiary alicyclic amines) is 1. The Labute approximate surface area is 121 Å². The van der Waals surface area contributed by atoms with Gasteiger partial charge in [-0.25, -0.2) is 4.79 Å². The van der Waals surface area contributed by atoms with Gasteiger partial charge in [0.25, 0.3) is 0 Å². The van der Waals surface area contributed by atoms with Crippen molar-refractivity contribution in [3.8, 4) is 0 Å². The van der Waals surface area contributed by atoms with Crippen molar-refractivity contribution >= 4 is 6.09 Å². The zero-order valence-electron chi connectivity index (χ0n) is 12.9. The summed E-state index contributed by atoms with van der Waals surface area (Å²) in [6.45, 7) is 6.73. The van der Waals surface area contributed by atoms with Gasteiger partial charge in [-0.15, -0.1) is 0 Å². The number of ether oxygens (including phenoxy) is 1. The van der Waals surface area contributed by atoms with Crippen LogP contribution in [0.25, 0.3) is 0 Å². The summed E-state index contributed by atoms with van der Waals surface area (Å²) in [5.74, 6) is 0.867. The Morgan fingerprint density at radius 1 is 1.25 bits per heavy atom. The number of nitrogens with zero attached hydrogens (tertiary/aromatic N) is 1. The third kappa shape index (κ3) is 2.54. The maximum atomic E-state index is 12.1. The number of hydrogen-bond donors (Lipinski definition) is 1. The minimum atomic E-state index is -0.466. The molecule has 20 heavy (non-hydrogen) atoms. The predicted octanol–water partition coefficient (Wildman–Crippen LogP) is 2.79. The van der Waals surface area contributed by atoms with Gasteiger partial charge >= 0.3 is 6.09 Å². The van der Waals surface area contributed by atoms with Crippen molar-refractivity contribution in [2.45, 2.75) is 64.6 Å². The molecule has 3 fully saturated rings. The van der Waals surface area contributed by atoms with E-state index in [2.05, 4.69) is 0 Å². The molecule has 0 radical (unpaired) electrons. The second-order valence-corrected chi connectivity index (χ2v) is 8.14. The number of aliphatic hydroxyl groups excluding tert-OH is 1. The minimum Gasteiger partial charge on any atom is -0.444 e. The zero-order chi connectivity index (χ0) is 14.5. The summed E-state index contributed by atoms with van der Waals surface area (Å²) in [4.78, 5) is 13.8. The van der Waals surface area contributed by atoms with Gasteiger partial charge in [0.1, 0.15) is 5.60 Å². The van der Waals surface area contributed by atoms with Crippen LogP contribution in [0.4, 0.5) is 4.79 Å². The van der Waals surface area contributed by atoms with Gasteiger partial charge in [-0.1, -0.05) is 6.42 Å². The lowest BCUT2D eigenvalue weighted by atomic mass is 9.49. The van der Waals surface area contributed by atoms with Crippen molar-refractivity contribution in [1.29, 1.82) is 0 Å². The fraction of sp³-hybridized carbons (Fsp3) is 0.938. The summed E-state index contributed by atoms with van der Waals surface area (Å²) in [5, 5.41) is 10.3. The van der Waals surface area contributed by atoms with Crippen molar-refractivity contribution in [2.24, 2.45) is 17.3 Å². The molecule has 2 aliphatic carbocycles. The summed E-state index contributed by atoms with van der Waals surface area (Å²) in [6, 6.07) is 0. The smallest absolute Gasteiger partial charge is 0.410 e. The molecule has 2 atom stereocenters. The third-order valence-electron chi connectivity index (χ3n) is 5.39. The molecule has 4 nitrogen and oxygen atoms in total. The summed E-state index contributed by atoms with van der Waals surface area (Å²) >= 11 is 0. The standard InChI is InChI=1S/C16H27NO3/c1-15(2,3)20-14(19)17-9-12(13(18)10-17)11-7-16(8-11)5-4-6-16/h11-13,18H,4-10H2,1-3H3. The molecule has 0 aromatic heterocycles. The highest BCUT2D eigenvalue weighted by Gasteiger charge is 2.53. The average molecular weight is 281 g/mol. The predicted molar refractivity (Wildman–Crippen MR) is 76.3 cm³/mol. The van der Waals surface area contributed by atoms with Crippen molar-refractivity contribution in [3.63, 3.8) is 0 Å². The Morgan fingerprint density at radius 3 is 2.40 bits per heavy atom. The first-order valence-corrected chi connectivity index (χ1v) is 7.94. The lowest BCUT2D eigenvalue weighted by Crippen LogP contribution is -2.47. The van der Waals surface area contributed by atoms with Crippen LogP contribution in [-0.4, -0.2) is 40.9 Å². The number of carbonyl (C=O) groups is 1. The molecule has 1 saturated heterocycles. The van der Waals surface area contributed by atoms with Gasteiger partial charge in [0.15, 0.2) is 0 Å². The molecular weight excluding hydrogens is 254 g/mol. The molecule has 3 aliphatic rings. The zero-order valence-corrected chi connectivity index (χ0v) is 12.9. The Balaban J connectivity index is 1.53. The second-order valence-electron chi connectivity index (χ2n) is 8.14. The van der Waals surface area contributed by atoms with E-state index in [1.165, 1.54) is 32.1 Å². The minimum absolute atomic E-state index is 0.258. The largest absolute Gasteiger partial charge is 0.444 e. The van der Waals surface area contributed by atoms with Crippen LogP contribution in [0.1, 0.15) is 52.9 Å². The molecule has 2 unspecified atom stereocenters. The van der Waals surface area contributed by atoms with Crippen molar-refractivity contribution < 1.29 is 14.6 Å². The molecule has 1 spiro atoms. The highest BCUT2D eigenvalue weighted by atomic mass is 16.6. The van der Waals surface area contributed by atoms with Crippen LogP contribution < -0.4 is 0 Å². The second kappa shape index (κ2) is 4.62. The van der Waals surface area contributed by atoms with E-state index in [-0.39, 0.29) is 18.1 Å². The molecule has 1 aliphatic heterocycles. The van der Waals surface area contributed by atoms with Gasteiger partial charge in [-0.2, -0.15) is 0 Å². The summed E-state index contributed by atoms with van der Waals surface area (Å²) in [6.07, 6.45) is 6.00. The van der Waals surface area contributed by atoms with Gasteiger partial charge in [0.05, 0.1) is 12.6 Å². The first-order valence-electron chi connectivity index (χ1n) is 7.94. The molecule has 1 N–H and O–H groups in total. The Morgan fingerprint density at radius 2 is 1.90 bits per heavy atom. The first-order chi connectivity index (χ1) is 9.28. The monoisotopic (exact) mass is 281 g/mol. The topological polar surface area (TPSA) is 49.8 Å². The van der Waals surface area contributed by atoms with Gasteiger partial charge in [-0.05, 0) is 57.8 Å². The highest BCUT2D eigenvalue weighted by molar-refractivity contribution is 5.68. The number of amides is 1. The molecule has 4 heteroatoms. The SMILES string of the molecule is CC(C)(C)OC(=O)N1CC(O)C(C2CC3(CCC3)C2)C1. The van der Waals surface area contributed by atoms with Crippen LogP contribution in [0.5, 0.6) is 0 Å². The van der Waals surface area contributed by atoms with Crippen LogP contribution >= 0.6 is 0 Å². The van der Waals surface area contributed by atoms with E-state index in [1.807, 2.05) is 20.8 Å².